The van der Waals surface area contributed by atoms with Gasteiger partial charge in [-0.1, -0.05) is 30.7 Å². The number of aryl methyl sites for hydroxylation is 2. The van der Waals surface area contributed by atoms with Gasteiger partial charge >= 0.3 is 0 Å². The molecule has 2 aromatic carbocycles. The molecular formula is C24H27ClN4O2. The van der Waals surface area contributed by atoms with E-state index in [1.807, 2.05) is 37.3 Å². The molecule has 1 aliphatic heterocycles. The summed E-state index contributed by atoms with van der Waals surface area (Å²) in [6.45, 7) is 6.17. The quantitative estimate of drug-likeness (QED) is 0.616. The molecule has 7 heteroatoms. The van der Waals surface area contributed by atoms with Gasteiger partial charge in [0.05, 0.1) is 21.6 Å². The Morgan fingerprint density at radius 3 is 2.61 bits per heavy atom. The summed E-state index contributed by atoms with van der Waals surface area (Å²) in [6, 6.07) is 13.0. The Hall–Kier alpha value is -2.86. The molecule has 1 N–H and O–H groups in total. The summed E-state index contributed by atoms with van der Waals surface area (Å²) in [7, 11) is 0. The van der Waals surface area contributed by atoms with Crippen molar-refractivity contribution in [1.82, 2.24) is 14.5 Å². The zero-order chi connectivity index (χ0) is 22.0. The second-order valence-corrected chi connectivity index (χ2v) is 8.46. The van der Waals surface area contributed by atoms with E-state index >= 15 is 0 Å². The number of likely N-dealkylation sites (tertiary alicyclic amines) is 1. The number of carbonyl (C=O) groups excluding carboxylic acids is 2. The first-order chi connectivity index (χ1) is 15.0. The van der Waals surface area contributed by atoms with Crippen molar-refractivity contribution in [1.29, 1.82) is 0 Å². The lowest BCUT2D eigenvalue weighted by molar-refractivity contribution is -0.121. The third-order valence-corrected chi connectivity index (χ3v) is 6.24. The number of amides is 2. The minimum atomic E-state index is -0.120. The van der Waals surface area contributed by atoms with Crippen LogP contribution in [0.2, 0.25) is 5.02 Å². The van der Waals surface area contributed by atoms with E-state index < -0.39 is 0 Å². The molecule has 3 aromatic rings. The Balaban J connectivity index is 1.38. The van der Waals surface area contributed by atoms with Crippen LogP contribution in [0.5, 0.6) is 0 Å². The predicted molar refractivity (Wildman–Crippen MR) is 123 cm³/mol. The highest BCUT2D eigenvalue weighted by Crippen LogP contribution is 2.25. The second-order valence-electron chi connectivity index (χ2n) is 8.05. The average molecular weight is 439 g/mol. The van der Waals surface area contributed by atoms with Crippen LogP contribution in [-0.4, -0.2) is 39.4 Å². The zero-order valence-electron chi connectivity index (χ0n) is 17.9. The molecule has 2 amide bonds. The fourth-order valence-corrected chi connectivity index (χ4v) is 4.44. The van der Waals surface area contributed by atoms with Gasteiger partial charge in [-0.05, 0) is 56.5 Å². The maximum Gasteiger partial charge on any atom is 0.255 e. The van der Waals surface area contributed by atoms with Gasteiger partial charge in [-0.3, -0.25) is 9.59 Å². The largest absolute Gasteiger partial charge is 0.339 e. The van der Waals surface area contributed by atoms with Crippen LogP contribution in [-0.2, 0) is 11.3 Å². The Kier molecular flexibility index (Phi) is 6.28. The number of anilines is 1. The molecule has 1 fully saturated rings. The van der Waals surface area contributed by atoms with Crippen molar-refractivity contribution in [3.63, 3.8) is 0 Å². The lowest BCUT2D eigenvalue weighted by atomic mass is 9.95. The zero-order valence-corrected chi connectivity index (χ0v) is 18.7. The number of carbonyl (C=O) groups is 2. The lowest BCUT2D eigenvalue weighted by Gasteiger charge is -2.31. The summed E-state index contributed by atoms with van der Waals surface area (Å²) in [5, 5.41) is 3.49. The van der Waals surface area contributed by atoms with Gasteiger partial charge in [0.25, 0.3) is 5.91 Å². The Morgan fingerprint density at radius 2 is 1.90 bits per heavy atom. The first-order valence-corrected chi connectivity index (χ1v) is 11.2. The Bertz CT molecular complexity index is 1120. The van der Waals surface area contributed by atoms with Crippen LogP contribution in [0.1, 0.15) is 42.4 Å². The molecule has 1 saturated heterocycles. The van der Waals surface area contributed by atoms with E-state index in [2.05, 4.69) is 21.8 Å². The number of hydrogen-bond donors (Lipinski definition) is 1. The van der Waals surface area contributed by atoms with Gasteiger partial charge in [-0.15, -0.1) is 0 Å². The van der Waals surface area contributed by atoms with Gasteiger partial charge in [0.1, 0.15) is 5.82 Å². The molecule has 0 spiro atoms. The number of halogens is 1. The highest BCUT2D eigenvalue weighted by molar-refractivity contribution is 6.33. The smallest absolute Gasteiger partial charge is 0.255 e. The second kappa shape index (κ2) is 9.10. The summed E-state index contributed by atoms with van der Waals surface area (Å²) < 4.78 is 2.20. The van der Waals surface area contributed by atoms with Crippen molar-refractivity contribution < 1.29 is 9.59 Å². The summed E-state index contributed by atoms with van der Waals surface area (Å²) in [6.07, 6.45) is 2.31. The van der Waals surface area contributed by atoms with E-state index in [1.165, 1.54) is 0 Å². The number of nitrogens with one attached hydrogen (secondary N) is 1. The third kappa shape index (κ3) is 4.44. The molecule has 4 rings (SSSR count). The summed E-state index contributed by atoms with van der Waals surface area (Å²) in [5.41, 5.74) is 3.25. The van der Waals surface area contributed by atoms with Crippen LogP contribution in [0, 0.1) is 12.8 Å². The Labute approximate surface area is 187 Å². The van der Waals surface area contributed by atoms with Crippen molar-refractivity contribution in [3.05, 3.63) is 58.9 Å². The summed E-state index contributed by atoms with van der Waals surface area (Å²) in [4.78, 5) is 32.0. The Morgan fingerprint density at radius 1 is 1.16 bits per heavy atom. The van der Waals surface area contributed by atoms with Crippen LogP contribution in [0.3, 0.4) is 0 Å². The van der Waals surface area contributed by atoms with Gasteiger partial charge in [0, 0.05) is 31.2 Å². The standard InChI is InChI=1S/C24H27ClN4O2/c1-3-12-29-16(2)26-21-15-18(8-9-22(21)29)27-23(30)17-10-13-28(14-11-17)24(31)19-6-4-5-7-20(19)25/h4-9,15,17H,3,10-14H2,1-2H3,(H,27,30). The predicted octanol–water partition coefficient (Wildman–Crippen LogP) is 4.90. The van der Waals surface area contributed by atoms with Crippen molar-refractivity contribution in [2.45, 2.75) is 39.7 Å². The molecule has 162 valence electrons. The molecule has 0 aliphatic carbocycles. The number of nitrogens with zero attached hydrogens (tertiary/aromatic N) is 3. The number of hydrogen-bond acceptors (Lipinski definition) is 3. The molecular weight excluding hydrogens is 412 g/mol. The van der Waals surface area contributed by atoms with Crippen molar-refractivity contribution >= 4 is 40.1 Å². The van der Waals surface area contributed by atoms with Crippen molar-refractivity contribution in [3.8, 4) is 0 Å². The number of aromatic nitrogens is 2. The molecule has 0 bridgehead atoms. The minimum absolute atomic E-state index is 0.00564. The number of rotatable bonds is 5. The molecule has 31 heavy (non-hydrogen) atoms. The molecule has 0 saturated carbocycles. The maximum atomic E-state index is 12.8. The SMILES string of the molecule is CCCn1c(C)nc2cc(NC(=O)C3CCN(C(=O)c4ccccc4Cl)CC3)ccc21. The van der Waals surface area contributed by atoms with Crippen LogP contribution in [0.25, 0.3) is 11.0 Å². The summed E-state index contributed by atoms with van der Waals surface area (Å²) in [5.74, 6) is 0.781. The van der Waals surface area contributed by atoms with E-state index in [0.29, 0.717) is 36.5 Å². The molecule has 0 atom stereocenters. The highest BCUT2D eigenvalue weighted by Gasteiger charge is 2.28. The molecule has 0 radical (unpaired) electrons. The number of benzene rings is 2. The summed E-state index contributed by atoms with van der Waals surface area (Å²) >= 11 is 6.16. The topological polar surface area (TPSA) is 67.2 Å². The first kappa shape index (κ1) is 21.4. The maximum absolute atomic E-state index is 12.8. The lowest BCUT2D eigenvalue weighted by Crippen LogP contribution is -2.41. The van der Waals surface area contributed by atoms with Crippen LogP contribution >= 0.6 is 11.6 Å². The van der Waals surface area contributed by atoms with E-state index in [0.717, 1.165) is 35.5 Å². The third-order valence-electron chi connectivity index (χ3n) is 5.91. The number of fused-ring (bicyclic) bond motifs is 1. The van der Waals surface area contributed by atoms with Gasteiger partial charge in [0.2, 0.25) is 5.91 Å². The van der Waals surface area contributed by atoms with E-state index in [9.17, 15) is 9.59 Å². The van der Waals surface area contributed by atoms with Gasteiger partial charge < -0.3 is 14.8 Å². The van der Waals surface area contributed by atoms with E-state index in [-0.39, 0.29) is 17.7 Å². The first-order valence-electron chi connectivity index (χ1n) is 10.8. The van der Waals surface area contributed by atoms with E-state index in [4.69, 9.17) is 11.6 Å². The molecule has 1 aromatic heterocycles. The monoisotopic (exact) mass is 438 g/mol. The van der Waals surface area contributed by atoms with Crippen LogP contribution in [0.4, 0.5) is 5.69 Å². The van der Waals surface area contributed by atoms with Crippen LogP contribution in [0.15, 0.2) is 42.5 Å². The van der Waals surface area contributed by atoms with Crippen molar-refractivity contribution in [2.24, 2.45) is 5.92 Å². The average Bonchev–Trinajstić information content (AvgIpc) is 3.08. The fourth-order valence-electron chi connectivity index (χ4n) is 4.23. The fraction of sp³-hybridized carbons (Fsp3) is 0.375. The number of piperidine rings is 1. The normalized spacial score (nSPS) is 14.7. The van der Waals surface area contributed by atoms with Gasteiger partial charge in [-0.2, -0.15) is 0 Å². The molecule has 2 heterocycles. The molecule has 1 aliphatic rings. The van der Waals surface area contributed by atoms with Gasteiger partial charge in [0.15, 0.2) is 0 Å². The minimum Gasteiger partial charge on any atom is -0.339 e. The van der Waals surface area contributed by atoms with E-state index in [1.54, 1.807) is 17.0 Å². The van der Waals surface area contributed by atoms with Crippen molar-refractivity contribution in [2.75, 3.05) is 18.4 Å². The highest BCUT2D eigenvalue weighted by atomic mass is 35.5. The molecule has 0 unspecified atom stereocenters. The van der Waals surface area contributed by atoms with Gasteiger partial charge in [-0.25, -0.2) is 4.98 Å². The number of imidazole rings is 1. The molecule has 6 nitrogen and oxygen atoms in total. The van der Waals surface area contributed by atoms with Crippen LogP contribution < -0.4 is 5.32 Å².